The summed E-state index contributed by atoms with van der Waals surface area (Å²) in [5, 5.41) is 6.92. The Morgan fingerprint density at radius 3 is 2.37 bits per heavy atom. The number of nitrogens with zero attached hydrogens (tertiary/aromatic N) is 3. The lowest BCUT2D eigenvalue weighted by atomic mass is 9.87. The van der Waals surface area contributed by atoms with E-state index in [1.54, 1.807) is 23.1 Å². The molecule has 0 aliphatic carbocycles. The molecular weight excluding hydrogens is 340 g/mol. The first-order valence-corrected chi connectivity index (χ1v) is 8.90. The van der Waals surface area contributed by atoms with Crippen LogP contribution >= 0.6 is 0 Å². The minimum absolute atomic E-state index is 0.121. The molecule has 1 N–H and O–H groups in total. The van der Waals surface area contributed by atoms with Gasteiger partial charge in [0.1, 0.15) is 25.0 Å². The van der Waals surface area contributed by atoms with Crippen LogP contribution < -0.4 is 10.1 Å². The van der Waals surface area contributed by atoms with Crippen LogP contribution in [0.25, 0.3) is 5.69 Å². The van der Waals surface area contributed by atoms with Gasteiger partial charge in [-0.2, -0.15) is 5.10 Å². The molecule has 6 nitrogen and oxygen atoms in total. The summed E-state index contributed by atoms with van der Waals surface area (Å²) in [6, 6.07) is 15.3. The van der Waals surface area contributed by atoms with Gasteiger partial charge < -0.3 is 10.1 Å². The average molecular weight is 364 g/mol. The van der Waals surface area contributed by atoms with Crippen molar-refractivity contribution in [3.8, 4) is 11.4 Å². The van der Waals surface area contributed by atoms with Gasteiger partial charge in [-0.05, 0) is 47.4 Å². The Kier molecular flexibility index (Phi) is 5.54. The Bertz CT molecular complexity index is 864. The molecule has 1 heterocycles. The highest BCUT2D eigenvalue weighted by molar-refractivity contribution is 5.94. The number of carbonyl (C=O) groups excluding carboxylic acids is 1. The molecule has 0 fully saturated rings. The maximum atomic E-state index is 12.2. The summed E-state index contributed by atoms with van der Waals surface area (Å²) < 4.78 is 7.33. The van der Waals surface area contributed by atoms with Crippen molar-refractivity contribution in [2.75, 3.05) is 13.2 Å². The first kappa shape index (κ1) is 18.6. The molecule has 140 valence electrons. The summed E-state index contributed by atoms with van der Waals surface area (Å²) in [7, 11) is 0. The van der Waals surface area contributed by atoms with Gasteiger partial charge in [0.05, 0.1) is 12.2 Å². The van der Waals surface area contributed by atoms with E-state index in [0.29, 0.717) is 18.7 Å². The Hall–Kier alpha value is -3.15. The van der Waals surface area contributed by atoms with Gasteiger partial charge in [0.25, 0.3) is 5.91 Å². The quantitative estimate of drug-likeness (QED) is 0.681. The summed E-state index contributed by atoms with van der Waals surface area (Å²) in [5.41, 5.74) is 2.83. The topological polar surface area (TPSA) is 69.0 Å². The van der Waals surface area contributed by atoms with Crippen molar-refractivity contribution in [1.29, 1.82) is 0 Å². The zero-order valence-electron chi connectivity index (χ0n) is 15.8. The third-order valence-electron chi connectivity index (χ3n) is 4.19. The van der Waals surface area contributed by atoms with Crippen LogP contribution in [0.4, 0.5) is 0 Å². The van der Waals surface area contributed by atoms with Gasteiger partial charge in [0.15, 0.2) is 0 Å². The number of hydrogen-bond donors (Lipinski definition) is 1. The molecule has 1 amide bonds. The van der Waals surface area contributed by atoms with Gasteiger partial charge in [-0.1, -0.05) is 32.9 Å². The zero-order chi connectivity index (χ0) is 19.3. The van der Waals surface area contributed by atoms with Gasteiger partial charge in [-0.15, -0.1) is 0 Å². The molecule has 27 heavy (non-hydrogen) atoms. The second kappa shape index (κ2) is 8.03. The minimum Gasteiger partial charge on any atom is -0.492 e. The van der Waals surface area contributed by atoms with Gasteiger partial charge in [-0.3, -0.25) is 4.79 Å². The molecule has 0 aliphatic heterocycles. The highest BCUT2D eigenvalue weighted by Gasteiger charge is 2.13. The van der Waals surface area contributed by atoms with E-state index >= 15 is 0 Å². The van der Waals surface area contributed by atoms with Crippen LogP contribution in [0.1, 0.15) is 36.7 Å². The fourth-order valence-electron chi connectivity index (χ4n) is 2.59. The lowest BCUT2D eigenvalue weighted by Crippen LogP contribution is -2.28. The fourth-order valence-corrected chi connectivity index (χ4v) is 2.59. The number of aromatic nitrogens is 3. The number of rotatable bonds is 6. The third kappa shape index (κ3) is 4.94. The SMILES string of the molecule is CC(C)(C)c1ccc(OCCNC(=O)c2ccc(-n3cncn3)cc2)cc1. The summed E-state index contributed by atoms with van der Waals surface area (Å²) in [5.74, 6) is 0.668. The standard InChI is InChI=1S/C21H24N4O2/c1-21(2,3)17-6-10-19(11-7-17)27-13-12-23-20(26)16-4-8-18(9-5-16)25-15-22-14-24-25/h4-11,14-15H,12-13H2,1-3H3,(H,23,26). The molecule has 0 radical (unpaired) electrons. The molecule has 0 saturated heterocycles. The summed E-state index contributed by atoms with van der Waals surface area (Å²) in [4.78, 5) is 16.1. The number of hydrogen-bond acceptors (Lipinski definition) is 4. The zero-order valence-corrected chi connectivity index (χ0v) is 15.8. The van der Waals surface area contributed by atoms with Crippen molar-refractivity contribution in [2.45, 2.75) is 26.2 Å². The Labute approximate surface area is 159 Å². The molecule has 0 atom stereocenters. The van der Waals surface area contributed by atoms with E-state index in [2.05, 4.69) is 48.3 Å². The van der Waals surface area contributed by atoms with Crippen LogP contribution in [-0.2, 0) is 5.41 Å². The Morgan fingerprint density at radius 1 is 1.07 bits per heavy atom. The van der Waals surface area contributed by atoms with E-state index in [-0.39, 0.29) is 11.3 Å². The van der Waals surface area contributed by atoms with Crippen LogP contribution in [0.5, 0.6) is 5.75 Å². The van der Waals surface area contributed by atoms with E-state index in [0.717, 1.165) is 11.4 Å². The third-order valence-corrected chi connectivity index (χ3v) is 4.19. The number of benzene rings is 2. The second-order valence-corrected chi connectivity index (χ2v) is 7.27. The van der Waals surface area contributed by atoms with E-state index in [1.807, 2.05) is 24.3 Å². The maximum absolute atomic E-state index is 12.2. The number of amides is 1. The van der Waals surface area contributed by atoms with Crippen molar-refractivity contribution in [1.82, 2.24) is 20.1 Å². The van der Waals surface area contributed by atoms with Crippen LogP contribution in [-0.4, -0.2) is 33.8 Å². The molecule has 0 bridgehead atoms. The van der Waals surface area contributed by atoms with Crippen LogP contribution in [0.3, 0.4) is 0 Å². The van der Waals surface area contributed by atoms with Crippen molar-refractivity contribution in [3.63, 3.8) is 0 Å². The van der Waals surface area contributed by atoms with E-state index in [1.165, 1.54) is 11.9 Å². The molecule has 6 heteroatoms. The van der Waals surface area contributed by atoms with Gasteiger partial charge >= 0.3 is 0 Å². The smallest absolute Gasteiger partial charge is 0.251 e. The average Bonchev–Trinajstić information content (AvgIpc) is 3.20. The van der Waals surface area contributed by atoms with Gasteiger partial charge in [0, 0.05) is 5.56 Å². The molecule has 0 unspecified atom stereocenters. The van der Waals surface area contributed by atoms with E-state index in [4.69, 9.17) is 4.74 Å². The molecule has 2 aromatic carbocycles. The summed E-state index contributed by atoms with van der Waals surface area (Å²) in [6.45, 7) is 7.38. The van der Waals surface area contributed by atoms with Gasteiger partial charge in [0.2, 0.25) is 0 Å². The van der Waals surface area contributed by atoms with Crippen LogP contribution in [0.15, 0.2) is 61.2 Å². The van der Waals surface area contributed by atoms with E-state index < -0.39 is 0 Å². The monoisotopic (exact) mass is 364 g/mol. The predicted molar refractivity (Wildman–Crippen MR) is 104 cm³/mol. The number of carbonyl (C=O) groups is 1. The van der Waals surface area contributed by atoms with Crippen LogP contribution in [0, 0.1) is 0 Å². The summed E-state index contributed by atoms with van der Waals surface area (Å²) >= 11 is 0. The molecule has 3 aromatic rings. The van der Waals surface area contributed by atoms with Crippen molar-refractivity contribution in [3.05, 3.63) is 72.3 Å². The van der Waals surface area contributed by atoms with Gasteiger partial charge in [-0.25, -0.2) is 9.67 Å². The van der Waals surface area contributed by atoms with Crippen LogP contribution in [0.2, 0.25) is 0 Å². The molecule has 0 spiro atoms. The minimum atomic E-state index is -0.133. The lowest BCUT2D eigenvalue weighted by Gasteiger charge is -2.19. The Morgan fingerprint density at radius 2 is 1.78 bits per heavy atom. The highest BCUT2D eigenvalue weighted by Crippen LogP contribution is 2.24. The highest BCUT2D eigenvalue weighted by atomic mass is 16.5. The molecule has 1 aromatic heterocycles. The number of ether oxygens (including phenoxy) is 1. The number of nitrogens with one attached hydrogen (secondary N) is 1. The van der Waals surface area contributed by atoms with Crippen molar-refractivity contribution >= 4 is 5.91 Å². The Balaban J connectivity index is 1.45. The van der Waals surface area contributed by atoms with Crippen molar-refractivity contribution < 1.29 is 9.53 Å². The molecule has 0 aliphatic rings. The van der Waals surface area contributed by atoms with Crippen molar-refractivity contribution in [2.24, 2.45) is 0 Å². The largest absolute Gasteiger partial charge is 0.492 e. The molecule has 0 saturated carbocycles. The first-order chi connectivity index (χ1) is 12.9. The fraction of sp³-hybridized carbons (Fsp3) is 0.286. The lowest BCUT2D eigenvalue weighted by molar-refractivity contribution is 0.0947. The summed E-state index contributed by atoms with van der Waals surface area (Å²) in [6.07, 6.45) is 3.08. The predicted octanol–water partition coefficient (Wildman–Crippen LogP) is 3.37. The second-order valence-electron chi connectivity index (χ2n) is 7.27. The maximum Gasteiger partial charge on any atom is 0.251 e. The normalized spacial score (nSPS) is 11.2. The molecular formula is C21H24N4O2. The molecule has 3 rings (SSSR count). The first-order valence-electron chi connectivity index (χ1n) is 8.90. The van der Waals surface area contributed by atoms with E-state index in [9.17, 15) is 4.79 Å².